The van der Waals surface area contributed by atoms with Gasteiger partial charge in [0.2, 0.25) is 5.75 Å². The summed E-state index contributed by atoms with van der Waals surface area (Å²) in [6.45, 7) is 4.15. The number of aromatic nitrogens is 2. The average Bonchev–Trinajstić information content (AvgIpc) is 2.37. The zero-order chi connectivity index (χ0) is 13.0. The zero-order valence-electron chi connectivity index (χ0n) is 11.4. The van der Waals surface area contributed by atoms with Gasteiger partial charge in [-0.1, -0.05) is 6.42 Å². The van der Waals surface area contributed by atoms with Gasteiger partial charge in [0.1, 0.15) is 6.33 Å². The molecule has 0 unspecified atom stereocenters. The number of ether oxygens (including phenoxy) is 1. The minimum absolute atomic E-state index is 0.737. The maximum Gasteiger partial charge on any atom is 0.204 e. The second-order valence-corrected chi connectivity index (χ2v) is 4.66. The Morgan fingerprint density at radius 1 is 1.44 bits per heavy atom. The maximum atomic E-state index is 5.45. The van der Waals surface area contributed by atoms with Gasteiger partial charge in [-0.3, -0.25) is 0 Å². The van der Waals surface area contributed by atoms with Crippen LogP contribution in [0.3, 0.4) is 0 Å². The predicted octanol–water partition coefficient (Wildman–Crippen LogP) is 2.15. The minimum atomic E-state index is 0.737. The van der Waals surface area contributed by atoms with E-state index < -0.39 is 0 Å². The fourth-order valence-electron chi connectivity index (χ4n) is 2.31. The van der Waals surface area contributed by atoms with Gasteiger partial charge in [-0.05, 0) is 25.7 Å². The molecule has 1 aliphatic rings. The summed E-state index contributed by atoms with van der Waals surface area (Å²) in [6.07, 6.45) is 5.63. The number of hydrogen-bond donors (Lipinski definition) is 1. The molecule has 5 heteroatoms. The molecular weight excluding hydrogens is 228 g/mol. The van der Waals surface area contributed by atoms with Crippen LogP contribution in [0, 0.1) is 5.92 Å². The lowest BCUT2D eigenvalue weighted by atomic mass is 9.85. The molecule has 1 aromatic heterocycles. The molecule has 5 nitrogen and oxygen atoms in total. The van der Waals surface area contributed by atoms with E-state index in [1.165, 1.54) is 19.3 Å². The van der Waals surface area contributed by atoms with Gasteiger partial charge >= 0.3 is 0 Å². The van der Waals surface area contributed by atoms with Crippen molar-refractivity contribution in [2.45, 2.75) is 26.2 Å². The van der Waals surface area contributed by atoms with Crippen molar-refractivity contribution in [3.05, 3.63) is 6.33 Å². The van der Waals surface area contributed by atoms with Crippen molar-refractivity contribution in [1.29, 1.82) is 0 Å². The lowest BCUT2D eigenvalue weighted by Gasteiger charge is -2.33. The van der Waals surface area contributed by atoms with Gasteiger partial charge in [0.15, 0.2) is 11.6 Å². The second kappa shape index (κ2) is 5.89. The van der Waals surface area contributed by atoms with Crippen LogP contribution < -0.4 is 15.0 Å². The van der Waals surface area contributed by atoms with Crippen molar-refractivity contribution >= 4 is 11.6 Å². The van der Waals surface area contributed by atoms with E-state index in [-0.39, 0.29) is 0 Å². The quantitative estimate of drug-likeness (QED) is 0.838. The standard InChI is InChI=1S/C13H22N4O/c1-4-17(8-10-6-5-7-10)13-11(18-3)12(14-2)15-9-16-13/h9-10H,4-8H2,1-3H3,(H,14,15,16). The number of rotatable bonds is 6. The molecule has 0 aromatic carbocycles. The van der Waals surface area contributed by atoms with Gasteiger partial charge in [0, 0.05) is 20.1 Å². The van der Waals surface area contributed by atoms with Crippen LogP contribution in [0.4, 0.5) is 11.6 Å². The first-order valence-corrected chi connectivity index (χ1v) is 6.61. The largest absolute Gasteiger partial charge is 0.490 e. The van der Waals surface area contributed by atoms with Crippen molar-refractivity contribution in [3.63, 3.8) is 0 Å². The van der Waals surface area contributed by atoms with Crippen LogP contribution in [0.25, 0.3) is 0 Å². The molecule has 1 fully saturated rings. The summed E-state index contributed by atoms with van der Waals surface area (Å²) in [5, 5.41) is 3.04. The lowest BCUT2D eigenvalue weighted by molar-refractivity contribution is 0.316. The highest BCUT2D eigenvalue weighted by atomic mass is 16.5. The van der Waals surface area contributed by atoms with E-state index in [1.807, 2.05) is 7.05 Å². The van der Waals surface area contributed by atoms with Gasteiger partial charge < -0.3 is 15.0 Å². The Kier molecular flexibility index (Phi) is 4.23. The molecule has 1 heterocycles. The zero-order valence-corrected chi connectivity index (χ0v) is 11.4. The Morgan fingerprint density at radius 2 is 2.22 bits per heavy atom. The van der Waals surface area contributed by atoms with E-state index in [2.05, 4.69) is 27.1 Å². The first-order chi connectivity index (χ1) is 8.80. The lowest BCUT2D eigenvalue weighted by Crippen LogP contribution is -2.33. The number of anilines is 2. The number of hydrogen-bond acceptors (Lipinski definition) is 5. The fourth-order valence-corrected chi connectivity index (χ4v) is 2.31. The third-order valence-corrected chi connectivity index (χ3v) is 3.61. The van der Waals surface area contributed by atoms with Crippen molar-refractivity contribution in [2.24, 2.45) is 5.92 Å². The molecule has 2 rings (SSSR count). The summed E-state index contributed by atoms with van der Waals surface area (Å²) in [4.78, 5) is 10.9. The van der Waals surface area contributed by atoms with Crippen LogP contribution in [0.2, 0.25) is 0 Å². The van der Waals surface area contributed by atoms with Crippen LogP contribution >= 0.6 is 0 Å². The summed E-state index contributed by atoms with van der Waals surface area (Å²) >= 11 is 0. The van der Waals surface area contributed by atoms with E-state index in [9.17, 15) is 0 Å². The summed E-state index contributed by atoms with van der Waals surface area (Å²) < 4.78 is 5.45. The van der Waals surface area contributed by atoms with E-state index in [0.29, 0.717) is 0 Å². The molecule has 1 aromatic rings. The molecule has 1 aliphatic carbocycles. The summed E-state index contributed by atoms with van der Waals surface area (Å²) in [6, 6.07) is 0. The molecule has 0 atom stereocenters. The molecule has 1 saturated carbocycles. The molecule has 0 spiro atoms. The topological polar surface area (TPSA) is 50.3 Å². The van der Waals surface area contributed by atoms with Crippen LogP contribution in [-0.4, -0.2) is 37.2 Å². The van der Waals surface area contributed by atoms with Crippen molar-refractivity contribution in [3.8, 4) is 5.75 Å². The molecule has 1 N–H and O–H groups in total. The van der Waals surface area contributed by atoms with E-state index in [0.717, 1.165) is 36.4 Å². The molecule has 0 saturated heterocycles. The third kappa shape index (κ3) is 2.49. The van der Waals surface area contributed by atoms with Crippen LogP contribution in [-0.2, 0) is 0 Å². The Balaban J connectivity index is 2.22. The Hall–Kier alpha value is -1.52. The van der Waals surface area contributed by atoms with Crippen LogP contribution in [0.1, 0.15) is 26.2 Å². The molecule has 0 amide bonds. The average molecular weight is 250 g/mol. The van der Waals surface area contributed by atoms with Gasteiger partial charge in [-0.15, -0.1) is 0 Å². The Morgan fingerprint density at radius 3 is 2.72 bits per heavy atom. The van der Waals surface area contributed by atoms with Crippen LogP contribution in [0.15, 0.2) is 6.33 Å². The normalized spacial score (nSPS) is 15.1. The minimum Gasteiger partial charge on any atom is -0.490 e. The number of nitrogens with one attached hydrogen (secondary N) is 1. The van der Waals surface area contributed by atoms with E-state index in [4.69, 9.17) is 4.74 Å². The molecular formula is C13H22N4O. The van der Waals surface area contributed by atoms with Crippen molar-refractivity contribution in [1.82, 2.24) is 9.97 Å². The smallest absolute Gasteiger partial charge is 0.204 e. The van der Waals surface area contributed by atoms with Crippen molar-refractivity contribution < 1.29 is 4.74 Å². The van der Waals surface area contributed by atoms with E-state index in [1.54, 1.807) is 13.4 Å². The monoisotopic (exact) mass is 250 g/mol. The Bertz CT molecular complexity index is 393. The molecule has 0 radical (unpaired) electrons. The highest BCUT2D eigenvalue weighted by Crippen LogP contribution is 2.34. The van der Waals surface area contributed by atoms with Gasteiger partial charge in [-0.25, -0.2) is 9.97 Å². The first-order valence-electron chi connectivity index (χ1n) is 6.61. The summed E-state index contributed by atoms with van der Waals surface area (Å²) in [5.74, 6) is 3.18. The third-order valence-electron chi connectivity index (χ3n) is 3.61. The first kappa shape index (κ1) is 12.9. The second-order valence-electron chi connectivity index (χ2n) is 4.66. The summed E-state index contributed by atoms with van der Waals surface area (Å²) in [5.41, 5.74) is 0. The predicted molar refractivity (Wildman–Crippen MR) is 73.4 cm³/mol. The van der Waals surface area contributed by atoms with E-state index >= 15 is 0 Å². The Labute approximate surface area is 109 Å². The molecule has 0 bridgehead atoms. The molecule has 100 valence electrons. The fraction of sp³-hybridized carbons (Fsp3) is 0.692. The summed E-state index contributed by atoms with van der Waals surface area (Å²) in [7, 11) is 3.51. The SMILES string of the molecule is CCN(CC1CCC1)c1ncnc(NC)c1OC. The molecule has 0 aliphatic heterocycles. The number of methoxy groups -OCH3 is 1. The van der Waals surface area contributed by atoms with Gasteiger partial charge in [0.25, 0.3) is 0 Å². The maximum absolute atomic E-state index is 5.45. The highest BCUT2D eigenvalue weighted by molar-refractivity contribution is 5.64. The van der Waals surface area contributed by atoms with Crippen LogP contribution in [0.5, 0.6) is 5.75 Å². The van der Waals surface area contributed by atoms with Gasteiger partial charge in [0.05, 0.1) is 7.11 Å². The molecule has 18 heavy (non-hydrogen) atoms. The van der Waals surface area contributed by atoms with Crippen molar-refractivity contribution in [2.75, 3.05) is 37.5 Å². The van der Waals surface area contributed by atoms with Gasteiger partial charge in [-0.2, -0.15) is 0 Å². The number of nitrogens with zero attached hydrogens (tertiary/aromatic N) is 3. The highest BCUT2D eigenvalue weighted by Gasteiger charge is 2.23.